The molecule has 1 aromatic rings. The average molecular weight is 341 g/mol. The van der Waals surface area contributed by atoms with Gasteiger partial charge in [-0.2, -0.15) is 0 Å². The topological polar surface area (TPSA) is 67.4 Å². The Morgan fingerprint density at radius 1 is 1.09 bits per heavy atom. The molecule has 0 saturated heterocycles. The summed E-state index contributed by atoms with van der Waals surface area (Å²) < 4.78 is 5.52. The molecular weight excluding hydrogens is 316 g/mol. The van der Waals surface area contributed by atoms with Gasteiger partial charge in [0.1, 0.15) is 12.1 Å². The van der Waals surface area contributed by atoms with Crippen LogP contribution in [0.3, 0.4) is 0 Å². The lowest BCUT2D eigenvalue weighted by atomic mass is 10.0. The number of hydrogen-bond acceptors (Lipinski definition) is 3. The Morgan fingerprint density at radius 2 is 1.65 bits per heavy atom. The van der Waals surface area contributed by atoms with Gasteiger partial charge in [-0.05, 0) is 30.5 Å². The molecule has 23 heavy (non-hydrogen) atoms. The zero-order chi connectivity index (χ0) is 17.6. The second-order valence-electron chi connectivity index (χ2n) is 5.93. The fourth-order valence-electron chi connectivity index (χ4n) is 2.43. The van der Waals surface area contributed by atoms with Gasteiger partial charge in [-0.3, -0.25) is 9.59 Å². The SMILES string of the molecule is CO[C@H](c1ccc(Cl)cc1)[C@H](C)NC(=O)[C@H](NC(C)=O)C(C)C. The van der Waals surface area contributed by atoms with Gasteiger partial charge in [0.15, 0.2) is 0 Å². The quantitative estimate of drug-likeness (QED) is 0.802. The van der Waals surface area contributed by atoms with Crippen molar-refractivity contribution in [3.8, 4) is 0 Å². The fourth-order valence-corrected chi connectivity index (χ4v) is 2.55. The van der Waals surface area contributed by atoms with E-state index in [0.29, 0.717) is 5.02 Å². The molecule has 1 aromatic carbocycles. The van der Waals surface area contributed by atoms with E-state index in [0.717, 1.165) is 5.56 Å². The van der Waals surface area contributed by atoms with Crippen molar-refractivity contribution in [2.24, 2.45) is 5.92 Å². The predicted molar refractivity (Wildman–Crippen MR) is 91.2 cm³/mol. The van der Waals surface area contributed by atoms with Crippen molar-refractivity contribution in [2.45, 2.75) is 45.9 Å². The highest BCUT2D eigenvalue weighted by molar-refractivity contribution is 6.30. The zero-order valence-electron chi connectivity index (χ0n) is 14.2. The molecule has 5 nitrogen and oxygen atoms in total. The van der Waals surface area contributed by atoms with Crippen molar-refractivity contribution in [3.05, 3.63) is 34.9 Å². The number of amides is 2. The van der Waals surface area contributed by atoms with Gasteiger partial charge >= 0.3 is 0 Å². The highest BCUT2D eigenvalue weighted by Crippen LogP contribution is 2.22. The molecule has 0 aliphatic carbocycles. The zero-order valence-corrected chi connectivity index (χ0v) is 15.0. The van der Waals surface area contributed by atoms with Crippen molar-refractivity contribution in [1.82, 2.24) is 10.6 Å². The fraction of sp³-hybridized carbons (Fsp3) is 0.529. The smallest absolute Gasteiger partial charge is 0.243 e. The molecule has 1 rings (SSSR count). The molecule has 0 radical (unpaired) electrons. The van der Waals surface area contributed by atoms with Gasteiger partial charge in [-0.15, -0.1) is 0 Å². The summed E-state index contributed by atoms with van der Waals surface area (Å²) in [5, 5.41) is 6.24. The molecule has 128 valence electrons. The minimum absolute atomic E-state index is 0.0115. The number of carbonyl (C=O) groups is 2. The maximum atomic E-state index is 12.4. The van der Waals surface area contributed by atoms with Crippen LogP contribution in [0.1, 0.15) is 39.4 Å². The van der Waals surface area contributed by atoms with Crippen LogP contribution in [0.4, 0.5) is 0 Å². The summed E-state index contributed by atoms with van der Waals surface area (Å²) >= 11 is 5.90. The molecule has 0 unspecified atom stereocenters. The largest absolute Gasteiger partial charge is 0.375 e. The number of benzene rings is 1. The summed E-state index contributed by atoms with van der Waals surface area (Å²) in [6.45, 7) is 7.04. The van der Waals surface area contributed by atoms with Gasteiger partial charge < -0.3 is 15.4 Å². The lowest BCUT2D eigenvalue weighted by Gasteiger charge is -2.28. The Kier molecular flexibility index (Phi) is 7.52. The Bertz CT molecular complexity index is 531. The number of carbonyl (C=O) groups excluding carboxylic acids is 2. The summed E-state index contributed by atoms with van der Waals surface area (Å²) in [7, 11) is 1.59. The molecule has 2 amide bonds. The van der Waals surface area contributed by atoms with Crippen LogP contribution in [-0.4, -0.2) is 31.0 Å². The van der Waals surface area contributed by atoms with Crippen LogP contribution in [0.25, 0.3) is 0 Å². The first kappa shape index (κ1) is 19.5. The summed E-state index contributed by atoms with van der Waals surface area (Å²) in [6, 6.07) is 6.47. The van der Waals surface area contributed by atoms with E-state index in [-0.39, 0.29) is 29.9 Å². The first-order valence-electron chi connectivity index (χ1n) is 7.62. The third-order valence-electron chi connectivity index (χ3n) is 3.58. The van der Waals surface area contributed by atoms with Crippen molar-refractivity contribution < 1.29 is 14.3 Å². The highest BCUT2D eigenvalue weighted by Gasteiger charge is 2.27. The van der Waals surface area contributed by atoms with E-state index in [9.17, 15) is 9.59 Å². The monoisotopic (exact) mass is 340 g/mol. The molecule has 6 heteroatoms. The average Bonchev–Trinajstić information content (AvgIpc) is 2.46. The maximum absolute atomic E-state index is 12.4. The summed E-state index contributed by atoms with van der Waals surface area (Å²) in [6.07, 6.45) is -0.304. The number of ether oxygens (including phenoxy) is 1. The summed E-state index contributed by atoms with van der Waals surface area (Å²) in [4.78, 5) is 23.7. The minimum Gasteiger partial charge on any atom is -0.375 e. The number of rotatable bonds is 7. The van der Waals surface area contributed by atoms with Crippen LogP contribution in [0.5, 0.6) is 0 Å². The van der Waals surface area contributed by atoms with Crippen molar-refractivity contribution >= 4 is 23.4 Å². The molecule has 0 fully saturated rings. The summed E-state index contributed by atoms with van der Waals surface area (Å²) in [5.74, 6) is -0.464. The van der Waals surface area contributed by atoms with Gasteiger partial charge in [0, 0.05) is 19.1 Å². The van der Waals surface area contributed by atoms with E-state index in [1.54, 1.807) is 19.2 Å². The molecule has 2 N–H and O–H groups in total. The number of nitrogens with one attached hydrogen (secondary N) is 2. The van der Waals surface area contributed by atoms with E-state index in [1.165, 1.54) is 6.92 Å². The van der Waals surface area contributed by atoms with Gasteiger partial charge in [0.05, 0.1) is 6.04 Å². The third-order valence-corrected chi connectivity index (χ3v) is 3.84. The van der Waals surface area contributed by atoms with Crippen LogP contribution < -0.4 is 10.6 Å². The van der Waals surface area contributed by atoms with E-state index < -0.39 is 6.04 Å². The third kappa shape index (κ3) is 5.84. The Labute approximate surface area is 142 Å². The van der Waals surface area contributed by atoms with Crippen molar-refractivity contribution in [3.63, 3.8) is 0 Å². The van der Waals surface area contributed by atoms with E-state index in [2.05, 4.69) is 10.6 Å². The van der Waals surface area contributed by atoms with E-state index in [1.807, 2.05) is 32.9 Å². The van der Waals surface area contributed by atoms with Gasteiger partial charge in [-0.1, -0.05) is 37.6 Å². The molecule has 0 aliphatic rings. The lowest BCUT2D eigenvalue weighted by molar-refractivity contribution is -0.130. The maximum Gasteiger partial charge on any atom is 0.243 e. The highest BCUT2D eigenvalue weighted by atomic mass is 35.5. The van der Waals surface area contributed by atoms with E-state index >= 15 is 0 Å². The number of halogens is 1. The molecule has 0 spiro atoms. The van der Waals surface area contributed by atoms with Gasteiger partial charge in [0.2, 0.25) is 11.8 Å². The van der Waals surface area contributed by atoms with Gasteiger partial charge in [0.25, 0.3) is 0 Å². The standard InChI is InChI=1S/C17H25ClN2O3/c1-10(2)15(20-12(4)21)17(22)19-11(3)16(23-5)13-6-8-14(18)9-7-13/h6-11,15-16H,1-5H3,(H,19,22)(H,20,21)/t11-,15+,16-/m0/s1. The van der Waals surface area contributed by atoms with Crippen LogP contribution in [0.15, 0.2) is 24.3 Å². The summed E-state index contributed by atoms with van der Waals surface area (Å²) in [5.41, 5.74) is 0.922. The predicted octanol–water partition coefficient (Wildman–Crippen LogP) is 2.69. The molecule has 0 aromatic heterocycles. The Balaban J connectivity index is 2.81. The Hall–Kier alpha value is -1.59. The van der Waals surface area contributed by atoms with Crippen molar-refractivity contribution in [2.75, 3.05) is 7.11 Å². The van der Waals surface area contributed by atoms with Crippen LogP contribution in [-0.2, 0) is 14.3 Å². The van der Waals surface area contributed by atoms with Crippen LogP contribution in [0, 0.1) is 5.92 Å². The van der Waals surface area contributed by atoms with Gasteiger partial charge in [-0.25, -0.2) is 0 Å². The first-order valence-corrected chi connectivity index (χ1v) is 7.99. The van der Waals surface area contributed by atoms with Crippen LogP contribution >= 0.6 is 11.6 Å². The van der Waals surface area contributed by atoms with Crippen LogP contribution in [0.2, 0.25) is 5.02 Å². The second-order valence-corrected chi connectivity index (χ2v) is 6.36. The normalized spacial score (nSPS) is 14.9. The Morgan fingerprint density at radius 3 is 2.09 bits per heavy atom. The minimum atomic E-state index is -0.572. The first-order chi connectivity index (χ1) is 10.8. The molecule has 3 atom stereocenters. The second kappa shape index (κ2) is 8.89. The number of methoxy groups -OCH3 is 1. The molecule has 0 bridgehead atoms. The molecule has 0 aliphatic heterocycles. The lowest BCUT2D eigenvalue weighted by Crippen LogP contribution is -2.52. The molecule has 0 heterocycles. The van der Waals surface area contributed by atoms with Crippen molar-refractivity contribution in [1.29, 1.82) is 0 Å². The molecule has 0 saturated carbocycles. The molecular formula is C17H25ClN2O3. The van der Waals surface area contributed by atoms with E-state index in [4.69, 9.17) is 16.3 Å². The number of hydrogen-bond donors (Lipinski definition) is 2.